The molecule has 3 rings (SSSR count). The SMILES string of the molecule is CCn1c(SCCS(=O)(=O)c2ccccc2)nnc1-c1ccccc1C. The van der Waals surface area contributed by atoms with Crippen molar-refractivity contribution in [1.82, 2.24) is 14.8 Å². The maximum absolute atomic E-state index is 12.4. The molecule has 0 spiro atoms. The highest BCUT2D eigenvalue weighted by molar-refractivity contribution is 8.00. The second-order valence-electron chi connectivity index (χ2n) is 5.85. The Balaban J connectivity index is 1.75. The van der Waals surface area contributed by atoms with Crippen molar-refractivity contribution in [3.05, 3.63) is 60.2 Å². The second-order valence-corrected chi connectivity index (χ2v) is 9.02. The van der Waals surface area contributed by atoms with Crippen LogP contribution in [0.4, 0.5) is 0 Å². The average molecular weight is 388 g/mol. The van der Waals surface area contributed by atoms with Gasteiger partial charge in [0.15, 0.2) is 20.8 Å². The Morgan fingerprint density at radius 3 is 2.38 bits per heavy atom. The number of rotatable bonds is 7. The average Bonchev–Trinajstić information content (AvgIpc) is 3.05. The van der Waals surface area contributed by atoms with Crippen LogP contribution in [0.1, 0.15) is 12.5 Å². The number of nitrogens with zero attached hydrogens (tertiary/aromatic N) is 3. The van der Waals surface area contributed by atoms with E-state index in [1.54, 1.807) is 24.3 Å². The van der Waals surface area contributed by atoms with Crippen LogP contribution in [-0.4, -0.2) is 34.7 Å². The number of thioether (sulfide) groups is 1. The fourth-order valence-corrected chi connectivity index (χ4v) is 5.36. The third-order valence-electron chi connectivity index (χ3n) is 4.10. The Hall–Kier alpha value is -2.12. The van der Waals surface area contributed by atoms with Crippen LogP contribution in [0.25, 0.3) is 11.4 Å². The predicted molar refractivity (Wildman–Crippen MR) is 105 cm³/mol. The molecule has 0 aliphatic carbocycles. The highest BCUT2D eigenvalue weighted by Crippen LogP contribution is 2.26. The Bertz CT molecular complexity index is 983. The molecule has 26 heavy (non-hydrogen) atoms. The molecule has 136 valence electrons. The minimum Gasteiger partial charge on any atom is -0.302 e. The summed E-state index contributed by atoms with van der Waals surface area (Å²) in [5.41, 5.74) is 2.18. The fourth-order valence-electron chi connectivity index (χ4n) is 2.69. The molecule has 1 heterocycles. The molecule has 0 aliphatic heterocycles. The van der Waals surface area contributed by atoms with Crippen molar-refractivity contribution in [3.63, 3.8) is 0 Å². The van der Waals surface area contributed by atoms with Crippen molar-refractivity contribution in [2.45, 2.75) is 30.4 Å². The van der Waals surface area contributed by atoms with Gasteiger partial charge in [-0.05, 0) is 31.5 Å². The first-order chi connectivity index (χ1) is 12.5. The Morgan fingerprint density at radius 1 is 1.00 bits per heavy atom. The van der Waals surface area contributed by atoms with E-state index in [4.69, 9.17) is 0 Å². The molecule has 0 bridgehead atoms. The van der Waals surface area contributed by atoms with E-state index in [-0.39, 0.29) is 5.75 Å². The van der Waals surface area contributed by atoms with Gasteiger partial charge in [-0.15, -0.1) is 10.2 Å². The van der Waals surface area contributed by atoms with Gasteiger partial charge in [0.1, 0.15) is 0 Å². The lowest BCUT2D eigenvalue weighted by Crippen LogP contribution is -2.09. The van der Waals surface area contributed by atoms with Crippen LogP contribution >= 0.6 is 11.8 Å². The number of benzene rings is 2. The van der Waals surface area contributed by atoms with E-state index in [1.165, 1.54) is 11.8 Å². The van der Waals surface area contributed by atoms with Crippen LogP contribution in [-0.2, 0) is 16.4 Å². The summed E-state index contributed by atoms with van der Waals surface area (Å²) in [6, 6.07) is 16.6. The molecule has 2 aromatic carbocycles. The van der Waals surface area contributed by atoms with Crippen LogP contribution < -0.4 is 0 Å². The van der Waals surface area contributed by atoms with Gasteiger partial charge in [0.05, 0.1) is 10.6 Å². The summed E-state index contributed by atoms with van der Waals surface area (Å²) in [5, 5.41) is 9.36. The number of sulfone groups is 1. The van der Waals surface area contributed by atoms with Crippen molar-refractivity contribution in [2.75, 3.05) is 11.5 Å². The summed E-state index contributed by atoms with van der Waals surface area (Å²) in [7, 11) is -3.28. The summed E-state index contributed by atoms with van der Waals surface area (Å²) in [4.78, 5) is 0.359. The highest BCUT2D eigenvalue weighted by atomic mass is 32.2. The van der Waals surface area contributed by atoms with E-state index >= 15 is 0 Å². The van der Waals surface area contributed by atoms with E-state index in [2.05, 4.69) is 10.2 Å². The fraction of sp³-hybridized carbons (Fsp3) is 0.263. The van der Waals surface area contributed by atoms with Crippen molar-refractivity contribution in [1.29, 1.82) is 0 Å². The monoisotopic (exact) mass is 387 g/mol. The van der Waals surface area contributed by atoms with E-state index in [0.717, 1.165) is 28.7 Å². The summed E-state index contributed by atoms with van der Waals surface area (Å²) in [6.45, 7) is 4.81. The lowest BCUT2D eigenvalue weighted by atomic mass is 10.1. The first-order valence-electron chi connectivity index (χ1n) is 8.42. The molecule has 0 fully saturated rings. The van der Waals surface area contributed by atoms with E-state index in [1.807, 2.05) is 48.7 Å². The van der Waals surface area contributed by atoms with Gasteiger partial charge in [-0.25, -0.2) is 8.42 Å². The van der Waals surface area contributed by atoms with Crippen molar-refractivity contribution in [3.8, 4) is 11.4 Å². The maximum atomic E-state index is 12.4. The van der Waals surface area contributed by atoms with Crippen LogP contribution in [0.2, 0.25) is 0 Å². The predicted octanol–water partition coefficient (Wildman–Crippen LogP) is 3.84. The Labute approximate surface area is 158 Å². The maximum Gasteiger partial charge on any atom is 0.191 e. The zero-order chi connectivity index (χ0) is 18.6. The first-order valence-corrected chi connectivity index (χ1v) is 11.1. The molecule has 0 atom stereocenters. The van der Waals surface area contributed by atoms with Crippen molar-refractivity contribution < 1.29 is 8.42 Å². The highest BCUT2D eigenvalue weighted by Gasteiger charge is 2.17. The molecule has 0 aliphatic rings. The number of aromatic nitrogens is 3. The second kappa shape index (κ2) is 8.05. The molecule has 3 aromatic rings. The largest absolute Gasteiger partial charge is 0.302 e. The third kappa shape index (κ3) is 3.99. The minimum atomic E-state index is -3.28. The summed E-state index contributed by atoms with van der Waals surface area (Å²) < 4.78 is 26.8. The van der Waals surface area contributed by atoms with Gasteiger partial charge in [-0.1, -0.05) is 54.2 Å². The van der Waals surface area contributed by atoms with Gasteiger partial charge in [0, 0.05) is 17.9 Å². The Morgan fingerprint density at radius 2 is 1.69 bits per heavy atom. The lowest BCUT2D eigenvalue weighted by Gasteiger charge is -2.09. The molecule has 0 saturated carbocycles. The standard InChI is InChI=1S/C19H21N3O2S2/c1-3-22-18(17-12-8-7-9-15(17)2)20-21-19(22)25-13-14-26(23,24)16-10-5-4-6-11-16/h4-12H,3,13-14H2,1-2H3. The van der Waals surface area contributed by atoms with Gasteiger partial charge in [-0.3, -0.25) is 0 Å². The molecular formula is C19H21N3O2S2. The van der Waals surface area contributed by atoms with Crippen LogP contribution in [0, 0.1) is 6.92 Å². The molecule has 5 nitrogen and oxygen atoms in total. The Kier molecular flexibility index (Phi) is 5.78. The molecule has 0 saturated heterocycles. The van der Waals surface area contributed by atoms with Gasteiger partial charge in [0.25, 0.3) is 0 Å². The number of aryl methyl sites for hydroxylation is 1. The van der Waals surface area contributed by atoms with E-state index in [0.29, 0.717) is 10.6 Å². The molecule has 0 unspecified atom stereocenters. The smallest absolute Gasteiger partial charge is 0.191 e. The summed E-state index contributed by atoms with van der Waals surface area (Å²) >= 11 is 1.42. The summed E-state index contributed by atoms with van der Waals surface area (Å²) in [5.74, 6) is 1.32. The van der Waals surface area contributed by atoms with Gasteiger partial charge < -0.3 is 4.57 Å². The first kappa shape index (κ1) is 18.7. The molecule has 0 radical (unpaired) electrons. The van der Waals surface area contributed by atoms with Gasteiger partial charge in [-0.2, -0.15) is 0 Å². The van der Waals surface area contributed by atoms with Crippen molar-refractivity contribution >= 4 is 21.6 Å². The molecule has 7 heteroatoms. The number of hydrogen-bond donors (Lipinski definition) is 0. The minimum absolute atomic E-state index is 0.0674. The molecule has 1 aromatic heterocycles. The van der Waals surface area contributed by atoms with Crippen LogP contribution in [0.15, 0.2) is 64.6 Å². The van der Waals surface area contributed by atoms with E-state index < -0.39 is 9.84 Å². The lowest BCUT2D eigenvalue weighted by molar-refractivity contribution is 0.597. The molecular weight excluding hydrogens is 366 g/mol. The summed E-state index contributed by atoms with van der Waals surface area (Å²) in [6.07, 6.45) is 0. The van der Waals surface area contributed by atoms with Crippen LogP contribution in [0.5, 0.6) is 0 Å². The van der Waals surface area contributed by atoms with Crippen LogP contribution in [0.3, 0.4) is 0 Å². The zero-order valence-corrected chi connectivity index (χ0v) is 16.4. The quantitative estimate of drug-likeness (QED) is 0.576. The van der Waals surface area contributed by atoms with Crippen molar-refractivity contribution in [2.24, 2.45) is 0 Å². The zero-order valence-electron chi connectivity index (χ0n) is 14.8. The third-order valence-corrected chi connectivity index (χ3v) is 7.06. The molecule has 0 N–H and O–H groups in total. The molecule has 0 amide bonds. The normalized spacial score (nSPS) is 11.6. The number of hydrogen-bond acceptors (Lipinski definition) is 5. The van der Waals surface area contributed by atoms with E-state index in [9.17, 15) is 8.42 Å². The van der Waals surface area contributed by atoms with Gasteiger partial charge >= 0.3 is 0 Å². The topological polar surface area (TPSA) is 64.8 Å². The van der Waals surface area contributed by atoms with Gasteiger partial charge in [0.2, 0.25) is 0 Å².